The van der Waals surface area contributed by atoms with Crippen LogP contribution in [0.3, 0.4) is 0 Å². The summed E-state index contributed by atoms with van der Waals surface area (Å²) in [7, 11) is 0. The fourth-order valence-corrected chi connectivity index (χ4v) is 1.11. The highest BCUT2D eigenvalue weighted by atomic mass is 16.6. The second-order valence-corrected chi connectivity index (χ2v) is 3.02. The van der Waals surface area contributed by atoms with E-state index in [1.807, 2.05) is 0 Å². The van der Waals surface area contributed by atoms with Crippen LogP contribution in [0.5, 0.6) is 0 Å². The average Bonchev–Trinajstić information content (AvgIpc) is 2.08. The molecule has 0 aromatic heterocycles. The number of carbonyl (C=O) groups is 1. The molecule has 0 saturated heterocycles. The summed E-state index contributed by atoms with van der Waals surface area (Å²) < 4.78 is 0. The van der Waals surface area contributed by atoms with Crippen molar-refractivity contribution < 1.29 is 9.72 Å². The molecular formula is C9H10N2O3. The van der Waals surface area contributed by atoms with Crippen LogP contribution in [-0.2, 0) is 0 Å². The number of rotatable bonds is 2. The Bertz CT molecular complexity index is 413. The summed E-state index contributed by atoms with van der Waals surface area (Å²) >= 11 is 0. The third-order valence-corrected chi connectivity index (χ3v) is 2.02. The van der Waals surface area contributed by atoms with Gasteiger partial charge >= 0.3 is 0 Å². The van der Waals surface area contributed by atoms with E-state index >= 15 is 0 Å². The first-order valence-corrected chi connectivity index (χ1v) is 3.99. The summed E-state index contributed by atoms with van der Waals surface area (Å²) in [5.41, 5.74) is 6.35. The number of carbonyl (C=O) groups excluding carboxylic acids is 1. The fourth-order valence-electron chi connectivity index (χ4n) is 1.11. The van der Waals surface area contributed by atoms with Crippen molar-refractivity contribution >= 4 is 17.2 Å². The molecule has 2 N–H and O–H groups in total. The Kier molecular flexibility index (Phi) is 2.51. The van der Waals surface area contributed by atoms with Crippen molar-refractivity contribution in [2.45, 2.75) is 13.8 Å². The maximum atomic E-state index is 11.0. The zero-order chi connectivity index (χ0) is 10.9. The predicted octanol–water partition coefficient (Wildman–Crippen LogP) is 1.69. The molecule has 0 heterocycles. The molecule has 0 aliphatic rings. The lowest BCUT2D eigenvalue weighted by molar-refractivity contribution is -0.385. The lowest BCUT2D eigenvalue weighted by Crippen LogP contribution is -2.01. The van der Waals surface area contributed by atoms with Gasteiger partial charge in [-0.2, -0.15) is 0 Å². The van der Waals surface area contributed by atoms with Crippen LogP contribution < -0.4 is 5.73 Å². The number of benzene rings is 1. The van der Waals surface area contributed by atoms with Crippen LogP contribution in [0.2, 0.25) is 0 Å². The largest absolute Gasteiger partial charge is 0.398 e. The maximum Gasteiger partial charge on any atom is 0.275 e. The van der Waals surface area contributed by atoms with Crippen LogP contribution >= 0.6 is 0 Å². The summed E-state index contributed by atoms with van der Waals surface area (Å²) in [4.78, 5) is 21.0. The molecule has 0 radical (unpaired) electrons. The van der Waals surface area contributed by atoms with Gasteiger partial charge in [-0.1, -0.05) is 0 Å². The Balaban J connectivity index is 3.43. The van der Waals surface area contributed by atoms with E-state index in [1.165, 1.54) is 19.1 Å². The molecule has 0 saturated carbocycles. The number of Topliss-reactive ketones (excluding diaryl/α,β-unsaturated/α-hetero) is 1. The van der Waals surface area contributed by atoms with Gasteiger partial charge in [0.05, 0.1) is 4.92 Å². The second-order valence-electron chi connectivity index (χ2n) is 3.02. The number of hydrogen-bond donors (Lipinski definition) is 1. The molecule has 1 aromatic carbocycles. The monoisotopic (exact) mass is 194 g/mol. The van der Waals surface area contributed by atoms with Crippen LogP contribution in [0.15, 0.2) is 12.1 Å². The number of ketones is 1. The van der Waals surface area contributed by atoms with Gasteiger partial charge in [0.25, 0.3) is 5.69 Å². The Morgan fingerprint density at radius 1 is 1.50 bits per heavy atom. The van der Waals surface area contributed by atoms with Crippen LogP contribution in [-0.4, -0.2) is 10.7 Å². The number of nitro groups is 1. The third kappa shape index (κ3) is 1.71. The fraction of sp³-hybridized carbons (Fsp3) is 0.222. The molecule has 74 valence electrons. The van der Waals surface area contributed by atoms with Gasteiger partial charge in [0.2, 0.25) is 0 Å². The molecule has 5 nitrogen and oxygen atoms in total. The first-order valence-electron chi connectivity index (χ1n) is 3.99. The molecular weight excluding hydrogens is 184 g/mol. The lowest BCUT2D eigenvalue weighted by atomic mass is 10.1. The minimum absolute atomic E-state index is 0.116. The molecule has 0 aliphatic carbocycles. The molecule has 0 fully saturated rings. The van der Waals surface area contributed by atoms with Crippen molar-refractivity contribution in [2.24, 2.45) is 0 Å². The van der Waals surface area contributed by atoms with E-state index in [0.29, 0.717) is 5.56 Å². The number of hydrogen-bond acceptors (Lipinski definition) is 4. The SMILES string of the molecule is CC(=O)c1cc(N)c(C)c([N+](=O)[O-])c1. The van der Waals surface area contributed by atoms with Gasteiger partial charge in [0.15, 0.2) is 5.78 Å². The van der Waals surface area contributed by atoms with Crippen molar-refractivity contribution in [3.63, 3.8) is 0 Å². The van der Waals surface area contributed by atoms with Crippen molar-refractivity contribution in [3.05, 3.63) is 33.4 Å². The quantitative estimate of drug-likeness (QED) is 0.336. The lowest BCUT2D eigenvalue weighted by Gasteiger charge is -2.03. The molecule has 0 aliphatic heterocycles. The Labute approximate surface area is 80.7 Å². The molecule has 0 atom stereocenters. The predicted molar refractivity (Wildman–Crippen MR) is 52.3 cm³/mol. The minimum Gasteiger partial charge on any atom is -0.398 e. The maximum absolute atomic E-state index is 11.0. The third-order valence-electron chi connectivity index (χ3n) is 2.02. The van der Waals surface area contributed by atoms with Gasteiger partial charge in [0, 0.05) is 22.9 Å². The Morgan fingerprint density at radius 3 is 2.50 bits per heavy atom. The molecule has 0 amide bonds. The van der Waals surface area contributed by atoms with Crippen LogP contribution in [0.4, 0.5) is 11.4 Å². The number of nitrogen functional groups attached to an aromatic ring is 1. The highest BCUT2D eigenvalue weighted by Gasteiger charge is 2.15. The van der Waals surface area contributed by atoms with E-state index in [9.17, 15) is 14.9 Å². The van der Waals surface area contributed by atoms with Crippen molar-refractivity contribution in [2.75, 3.05) is 5.73 Å². The van der Waals surface area contributed by atoms with E-state index in [0.717, 1.165) is 0 Å². The zero-order valence-corrected chi connectivity index (χ0v) is 7.90. The summed E-state index contributed by atoms with van der Waals surface area (Å²) in [5, 5.41) is 10.6. The van der Waals surface area contributed by atoms with Crippen molar-refractivity contribution in [1.29, 1.82) is 0 Å². The smallest absolute Gasteiger partial charge is 0.275 e. The summed E-state index contributed by atoms with van der Waals surface area (Å²) in [6, 6.07) is 2.69. The molecule has 5 heteroatoms. The number of anilines is 1. The molecule has 0 bridgehead atoms. The van der Waals surface area contributed by atoms with Crippen LogP contribution in [0.1, 0.15) is 22.8 Å². The first kappa shape index (κ1) is 10.2. The Hall–Kier alpha value is -1.91. The number of nitrogens with two attached hydrogens (primary N) is 1. The van der Waals surface area contributed by atoms with Gasteiger partial charge in [-0.3, -0.25) is 14.9 Å². The standard InChI is InChI=1S/C9H10N2O3/c1-5-8(10)3-7(6(2)12)4-9(5)11(13)14/h3-4H,10H2,1-2H3. The molecule has 0 unspecified atom stereocenters. The molecule has 14 heavy (non-hydrogen) atoms. The Morgan fingerprint density at radius 2 is 2.07 bits per heavy atom. The molecule has 1 rings (SSSR count). The van der Waals surface area contributed by atoms with E-state index in [4.69, 9.17) is 5.73 Å². The number of nitro benzene ring substituents is 1. The van der Waals surface area contributed by atoms with E-state index in [-0.39, 0.29) is 22.7 Å². The van der Waals surface area contributed by atoms with Gasteiger partial charge in [-0.25, -0.2) is 0 Å². The minimum atomic E-state index is -0.544. The topological polar surface area (TPSA) is 86.2 Å². The first-order chi connectivity index (χ1) is 6.43. The summed E-state index contributed by atoms with van der Waals surface area (Å²) in [6.07, 6.45) is 0. The zero-order valence-electron chi connectivity index (χ0n) is 7.90. The normalized spacial score (nSPS) is 9.86. The van der Waals surface area contributed by atoms with Crippen LogP contribution in [0.25, 0.3) is 0 Å². The van der Waals surface area contributed by atoms with Gasteiger partial charge in [-0.15, -0.1) is 0 Å². The molecule has 0 spiro atoms. The van der Waals surface area contributed by atoms with E-state index in [1.54, 1.807) is 6.92 Å². The van der Waals surface area contributed by atoms with E-state index < -0.39 is 4.92 Å². The van der Waals surface area contributed by atoms with E-state index in [2.05, 4.69) is 0 Å². The van der Waals surface area contributed by atoms with Crippen molar-refractivity contribution in [1.82, 2.24) is 0 Å². The highest BCUT2D eigenvalue weighted by Crippen LogP contribution is 2.25. The average molecular weight is 194 g/mol. The molecule has 1 aromatic rings. The highest BCUT2D eigenvalue weighted by molar-refractivity contribution is 5.96. The summed E-state index contributed by atoms with van der Waals surface area (Å²) in [6.45, 7) is 2.89. The summed E-state index contributed by atoms with van der Waals surface area (Å²) in [5.74, 6) is -0.236. The van der Waals surface area contributed by atoms with Crippen LogP contribution in [0, 0.1) is 17.0 Å². The van der Waals surface area contributed by atoms with Crippen molar-refractivity contribution in [3.8, 4) is 0 Å². The number of nitrogens with zero attached hydrogens (tertiary/aromatic N) is 1. The van der Waals surface area contributed by atoms with Gasteiger partial charge in [0.1, 0.15) is 0 Å². The van der Waals surface area contributed by atoms with Gasteiger partial charge < -0.3 is 5.73 Å². The second kappa shape index (κ2) is 3.45. The van der Waals surface area contributed by atoms with Gasteiger partial charge in [-0.05, 0) is 19.9 Å².